The molecular formula is C12H16N2O3. The summed E-state index contributed by atoms with van der Waals surface area (Å²) in [5.74, 6) is -0.276. The molecule has 1 amide bonds. The summed E-state index contributed by atoms with van der Waals surface area (Å²) in [6.07, 6.45) is 0.819. The zero-order chi connectivity index (χ0) is 13.0. The van der Waals surface area contributed by atoms with E-state index in [-0.39, 0.29) is 17.6 Å². The molecule has 1 aromatic carbocycles. The van der Waals surface area contributed by atoms with Gasteiger partial charge in [-0.1, -0.05) is 13.0 Å². The van der Waals surface area contributed by atoms with Gasteiger partial charge in [0.15, 0.2) is 0 Å². The van der Waals surface area contributed by atoms with Crippen molar-refractivity contribution in [2.24, 2.45) is 0 Å². The number of carbonyl (C=O) groups excluding carboxylic acids is 1. The lowest BCUT2D eigenvalue weighted by atomic mass is 10.1. The summed E-state index contributed by atoms with van der Waals surface area (Å²) in [5.41, 5.74) is 0.847. The lowest BCUT2D eigenvalue weighted by Crippen LogP contribution is -2.31. The first-order chi connectivity index (χ1) is 7.95. The molecule has 17 heavy (non-hydrogen) atoms. The number of hydrogen-bond acceptors (Lipinski definition) is 3. The Bertz CT molecular complexity index is 443. The summed E-state index contributed by atoms with van der Waals surface area (Å²) in [7, 11) is 0. The van der Waals surface area contributed by atoms with E-state index in [1.54, 1.807) is 19.1 Å². The molecule has 0 saturated carbocycles. The smallest absolute Gasteiger partial charge is 0.273 e. The van der Waals surface area contributed by atoms with Gasteiger partial charge in [-0.2, -0.15) is 0 Å². The van der Waals surface area contributed by atoms with Crippen molar-refractivity contribution < 1.29 is 9.72 Å². The molecule has 0 heterocycles. The third kappa shape index (κ3) is 3.27. The Kier molecular flexibility index (Phi) is 4.20. The predicted octanol–water partition coefficient (Wildman–Crippen LogP) is 2.43. The molecular weight excluding hydrogens is 220 g/mol. The Morgan fingerprint density at radius 3 is 2.71 bits per heavy atom. The number of nitrogens with one attached hydrogen (secondary N) is 1. The predicted molar refractivity (Wildman–Crippen MR) is 65.1 cm³/mol. The van der Waals surface area contributed by atoms with Gasteiger partial charge < -0.3 is 5.32 Å². The molecule has 1 rings (SSSR count). The van der Waals surface area contributed by atoms with E-state index in [1.165, 1.54) is 6.07 Å². The minimum atomic E-state index is -0.477. The number of hydrogen-bond donors (Lipinski definition) is 1. The van der Waals surface area contributed by atoms with E-state index in [0.29, 0.717) is 11.1 Å². The van der Waals surface area contributed by atoms with Gasteiger partial charge in [0, 0.05) is 23.2 Å². The van der Waals surface area contributed by atoms with Crippen molar-refractivity contribution in [1.82, 2.24) is 5.32 Å². The number of carbonyl (C=O) groups is 1. The average molecular weight is 236 g/mol. The van der Waals surface area contributed by atoms with Crippen LogP contribution in [-0.2, 0) is 0 Å². The second-order valence-corrected chi connectivity index (χ2v) is 4.04. The van der Waals surface area contributed by atoms with Crippen molar-refractivity contribution in [3.63, 3.8) is 0 Å². The van der Waals surface area contributed by atoms with Crippen LogP contribution in [0.2, 0.25) is 0 Å². The molecule has 0 bridgehead atoms. The van der Waals surface area contributed by atoms with Gasteiger partial charge in [-0.25, -0.2) is 0 Å². The van der Waals surface area contributed by atoms with Gasteiger partial charge in [0.2, 0.25) is 0 Å². The van der Waals surface area contributed by atoms with E-state index < -0.39 is 4.92 Å². The maximum Gasteiger partial charge on any atom is 0.273 e. The highest BCUT2D eigenvalue weighted by molar-refractivity contribution is 5.95. The minimum absolute atomic E-state index is 0.0261. The molecule has 92 valence electrons. The van der Waals surface area contributed by atoms with Gasteiger partial charge in [-0.15, -0.1) is 0 Å². The number of aryl methyl sites for hydroxylation is 1. The van der Waals surface area contributed by atoms with Crippen molar-refractivity contribution >= 4 is 11.6 Å². The first-order valence-electron chi connectivity index (χ1n) is 5.51. The molecule has 0 aliphatic carbocycles. The minimum Gasteiger partial charge on any atom is -0.350 e. The topological polar surface area (TPSA) is 72.2 Å². The molecule has 0 fully saturated rings. The highest BCUT2D eigenvalue weighted by Crippen LogP contribution is 2.19. The third-order valence-corrected chi connectivity index (χ3v) is 2.66. The van der Waals surface area contributed by atoms with Gasteiger partial charge in [0.25, 0.3) is 11.6 Å². The van der Waals surface area contributed by atoms with E-state index in [4.69, 9.17) is 0 Å². The van der Waals surface area contributed by atoms with Crippen LogP contribution in [0.3, 0.4) is 0 Å². The largest absolute Gasteiger partial charge is 0.350 e. The summed E-state index contributed by atoms with van der Waals surface area (Å²) >= 11 is 0. The van der Waals surface area contributed by atoms with Crippen LogP contribution >= 0.6 is 0 Å². The molecule has 5 nitrogen and oxygen atoms in total. The van der Waals surface area contributed by atoms with Gasteiger partial charge in [0.05, 0.1) is 4.92 Å². The van der Waals surface area contributed by atoms with Crippen LogP contribution in [0.25, 0.3) is 0 Å². The molecule has 1 aromatic rings. The van der Waals surface area contributed by atoms with Crippen molar-refractivity contribution in [1.29, 1.82) is 0 Å². The van der Waals surface area contributed by atoms with Crippen LogP contribution in [0.5, 0.6) is 0 Å². The normalized spacial score (nSPS) is 11.9. The van der Waals surface area contributed by atoms with Crippen molar-refractivity contribution in [3.8, 4) is 0 Å². The zero-order valence-corrected chi connectivity index (χ0v) is 10.2. The summed E-state index contributed by atoms with van der Waals surface area (Å²) in [6, 6.07) is 4.55. The zero-order valence-electron chi connectivity index (χ0n) is 10.2. The highest BCUT2D eigenvalue weighted by Gasteiger charge is 2.15. The van der Waals surface area contributed by atoms with Crippen molar-refractivity contribution in [2.45, 2.75) is 33.2 Å². The summed E-state index contributed by atoms with van der Waals surface area (Å²) in [5, 5.41) is 13.5. The lowest BCUT2D eigenvalue weighted by Gasteiger charge is -2.11. The molecule has 0 saturated heterocycles. The number of nitrogens with zero attached hydrogens (tertiary/aromatic N) is 1. The first kappa shape index (κ1) is 13.2. The fraction of sp³-hybridized carbons (Fsp3) is 0.417. The SMILES string of the molecule is CC[C@@H](C)NC(=O)c1ccc(C)c([N+](=O)[O-])c1. The second kappa shape index (κ2) is 5.43. The Labute approximate surface area is 100.0 Å². The Morgan fingerprint density at radius 1 is 1.53 bits per heavy atom. The fourth-order valence-electron chi connectivity index (χ4n) is 1.36. The molecule has 1 atom stereocenters. The molecule has 0 aromatic heterocycles. The van der Waals surface area contributed by atoms with Gasteiger partial charge >= 0.3 is 0 Å². The quantitative estimate of drug-likeness (QED) is 0.644. The van der Waals surface area contributed by atoms with Crippen LogP contribution < -0.4 is 5.32 Å². The molecule has 0 radical (unpaired) electrons. The second-order valence-electron chi connectivity index (χ2n) is 4.04. The van der Waals surface area contributed by atoms with Gasteiger partial charge in [-0.3, -0.25) is 14.9 Å². The standard InChI is InChI=1S/C12H16N2O3/c1-4-9(3)13-12(15)10-6-5-8(2)11(7-10)14(16)17/h5-7,9H,4H2,1-3H3,(H,13,15)/t9-/m1/s1. The maximum atomic E-state index is 11.8. The summed E-state index contributed by atoms with van der Waals surface area (Å²) < 4.78 is 0. The fourth-order valence-corrected chi connectivity index (χ4v) is 1.36. The Morgan fingerprint density at radius 2 is 2.18 bits per heavy atom. The Hall–Kier alpha value is -1.91. The van der Waals surface area contributed by atoms with Crippen LogP contribution in [0.15, 0.2) is 18.2 Å². The van der Waals surface area contributed by atoms with E-state index >= 15 is 0 Å². The number of nitro benzene ring substituents is 1. The molecule has 5 heteroatoms. The van der Waals surface area contributed by atoms with E-state index in [2.05, 4.69) is 5.32 Å². The highest BCUT2D eigenvalue weighted by atomic mass is 16.6. The van der Waals surface area contributed by atoms with Crippen LogP contribution in [0.4, 0.5) is 5.69 Å². The van der Waals surface area contributed by atoms with Crippen molar-refractivity contribution in [2.75, 3.05) is 0 Å². The van der Waals surface area contributed by atoms with Crippen LogP contribution in [0, 0.1) is 17.0 Å². The molecule has 0 spiro atoms. The number of amides is 1. The van der Waals surface area contributed by atoms with E-state index in [1.807, 2.05) is 13.8 Å². The molecule has 0 aliphatic heterocycles. The molecule has 1 N–H and O–H groups in total. The van der Waals surface area contributed by atoms with Gasteiger partial charge in [0.1, 0.15) is 0 Å². The van der Waals surface area contributed by atoms with Gasteiger partial charge in [-0.05, 0) is 26.3 Å². The monoisotopic (exact) mass is 236 g/mol. The first-order valence-corrected chi connectivity index (χ1v) is 5.51. The molecule has 0 unspecified atom stereocenters. The Balaban J connectivity index is 2.96. The van der Waals surface area contributed by atoms with Crippen molar-refractivity contribution in [3.05, 3.63) is 39.4 Å². The average Bonchev–Trinajstić information content (AvgIpc) is 2.28. The summed E-state index contributed by atoms with van der Waals surface area (Å²) in [4.78, 5) is 22.0. The number of benzene rings is 1. The third-order valence-electron chi connectivity index (χ3n) is 2.66. The van der Waals surface area contributed by atoms with Crippen LogP contribution in [0.1, 0.15) is 36.2 Å². The molecule has 0 aliphatic rings. The summed E-state index contributed by atoms with van der Waals surface area (Å²) in [6.45, 7) is 5.50. The van der Waals surface area contributed by atoms with E-state index in [0.717, 1.165) is 6.42 Å². The lowest BCUT2D eigenvalue weighted by molar-refractivity contribution is -0.385. The number of rotatable bonds is 4. The maximum absolute atomic E-state index is 11.8. The number of nitro groups is 1. The van der Waals surface area contributed by atoms with Crippen LogP contribution in [-0.4, -0.2) is 16.9 Å². The van der Waals surface area contributed by atoms with E-state index in [9.17, 15) is 14.9 Å².